The van der Waals surface area contributed by atoms with Crippen LogP contribution in [-0.2, 0) is 10.0 Å². The van der Waals surface area contributed by atoms with Crippen molar-refractivity contribution < 1.29 is 32.1 Å². The first-order valence-electron chi connectivity index (χ1n) is 10.3. The fourth-order valence-electron chi connectivity index (χ4n) is 3.34. The van der Waals surface area contributed by atoms with Gasteiger partial charge in [-0.3, -0.25) is 4.72 Å². The van der Waals surface area contributed by atoms with E-state index in [2.05, 4.69) is 4.72 Å². The van der Waals surface area contributed by atoms with E-state index in [1.165, 1.54) is 47.7 Å². The molecular formula is C25H26ClNO7S. The van der Waals surface area contributed by atoms with E-state index in [1.807, 2.05) is 0 Å². The molecule has 0 unspecified atom stereocenters. The smallest absolute Gasteiger partial charge is 0.261 e. The van der Waals surface area contributed by atoms with Gasteiger partial charge in [0.2, 0.25) is 5.75 Å². The van der Waals surface area contributed by atoms with Gasteiger partial charge in [-0.2, -0.15) is 0 Å². The summed E-state index contributed by atoms with van der Waals surface area (Å²) < 4.78 is 55.7. The third kappa shape index (κ3) is 5.93. The van der Waals surface area contributed by atoms with Gasteiger partial charge in [-0.25, -0.2) is 8.42 Å². The number of sulfonamides is 1. The summed E-state index contributed by atoms with van der Waals surface area (Å²) in [7, 11) is 3.62. The number of rotatable bonds is 10. The molecule has 0 aliphatic rings. The molecule has 0 heterocycles. The molecule has 8 nitrogen and oxygen atoms in total. The van der Waals surface area contributed by atoms with Crippen LogP contribution in [0.15, 0.2) is 53.4 Å². The largest absolute Gasteiger partial charge is 0.493 e. The highest BCUT2D eigenvalue weighted by Crippen LogP contribution is 2.39. The average Bonchev–Trinajstić information content (AvgIpc) is 2.86. The van der Waals surface area contributed by atoms with Crippen LogP contribution >= 0.6 is 11.6 Å². The Hall–Kier alpha value is -3.56. The summed E-state index contributed by atoms with van der Waals surface area (Å²) in [5, 5.41) is 0.308. The summed E-state index contributed by atoms with van der Waals surface area (Å²) >= 11 is 5.99. The molecule has 0 saturated carbocycles. The topological polar surface area (TPSA) is 92.3 Å². The summed E-state index contributed by atoms with van der Waals surface area (Å²) in [6, 6.07) is 12.8. The Balaban J connectivity index is 2.09. The van der Waals surface area contributed by atoms with Crippen LogP contribution in [0, 0.1) is 0 Å². The third-order valence-corrected chi connectivity index (χ3v) is 6.65. The summed E-state index contributed by atoms with van der Waals surface area (Å²) in [4.78, 5) is 0.0272. The Morgan fingerprint density at radius 2 is 1.34 bits per heavy atom. The first-order valence-corrected chi connectivity index (χ1v) is 12.1. The van der Waals surface area contributed by atoms with Crippen LogP contribution in [0.3, 0.4) is 0 Å². The second kappa shape index (κ2) is 11.2. The summed E-state index contributed by atoms with van der Waals surface area (Å²) in [6.45, 7) is 0. The maximum atomic E-state index is 13.1. The highest BCUT2D eigenvalue weighted by atomic mass is 35.5. The molecule has 0 saturated heterocycles. The maximum Gasteiger partial charge on any atom is 0.261 e. The van der Waals surface area contributed by atoms with E-state index in [9.17, 15) is 8.42 Å². The zero-order chi connectivity index (χ0) is 25.6. The SMILES string of the molecule is COc1cc(/C=C\c2cc(OC)c(OC)c(OC)c2)c(NS(=O)(=O)c2cccc(Cl)c2)cc1OC. The molecule has 3 rings (SSSR count). The van der Waals surface area contributed by atoms with Crippen molar-refractivity contribution in [3.63, 3.8) is 0 Å². The van der Waals surface area contributed by atoms with Crippen LogP contribution < -0.4 is 28.4 Å². The van der Waals surface area contributed by atoms with Crippen molar-refractivity contribution in [3.8, 4) is 28.7 Å². The fraction of sp³-hybridized carbons (Fsp3) is 0.200. The lowest BCUT2D eigenvalue weighted by Crippen LogP contribution is -2.14. The average molecular weight is 520 g/mol. The molecule has 0 aliphatic carbocycles. The van der Waals surface area contributed by atoms with Gasteiger partial charge in [0.15, 0.2) is 23.0 Å². The van der Waals surface area contributed by atoms with E-state index >= 15 is 0 Å². The van der Waals surface area contributed by atoms with Gasteiger partial charge >= 0.3 is 0 Å². The number of hydrogen-bond donors (Lipinski definition) is 1. The Bertz CT molecular complexity index is 1310. The first-order chi connectivity index (χ1) is 16.8. The molecule has 0 spiro atoms. The normalized spacial score (nSPS) is 11.3. The van der Waals surface area contributed by atoms with Gasteiger partial charge < -0.3 is 23.7 Å². The molecule has 0 aliphatic heterocycles. The predicted molar refractivity (Wildman–Crippen MR) is 137 cm³/mol. The minimum atomic E-state index is -3.94. The van der Waals surface area contributed by atoms with Gasteiger partial charge in [0.25, 0.3) is 10.0 Å². The molecule has 0 amide bonds. The van der Waals surface area contributed by atoms with Gasteiger partial charge in [0.1, 0.15) is 0 Å². The van der Waals surface area contributed by atoms with Gasteiger partial charge in [-0.1, -0.05) is 29.8 Å². The Kier molecular flexibility index (Phi) is 8.37. The summed E-state index contributed by atoms with van der Waals surface area (Å²) in [5.74, 6) is 2.23. The maximum absolute atomic E-state index is 13.1. The van der Waals surface area contributed by atoms with E-state index in [0.29, 0.717) is 39.3 Å². The minimum absolute atomic E-state index is 0.0272. The van der Waals surface area contributed by atoms with Crippen molar-refractivity contribution >= 4 is 39.5 Å². The van der Waals surface area contributed by atoms with Crippen molar-refractivity contribution in [2.75, 3.05) is 40.3 Å². The van der Waals surface area contributed by atoms with Gasteiger partial charge in [-0.15, -0.1) is 0 Å². The second-order valence-corrected chi connectivity index (χ2v) is 9.27. The van der Waals surface area contributed by atoms with Crippen LogP contribution in [0.25, 0.3) is 12.2 Å². The van der Waals surface area contributed by atoms with E-state index in [-0.39, 0.29) is 10.6 Å². The third-order valence-electron chi connectivity index (χ3n) is 5.05. The van der Waals surface area contributed by atoms with Crippen LogP contribution in [0.4, 0.5) is 5.69 Å². The van der Waals surface area contributed by atoms with E-state index in [0.717, 1.165) is 5.56 Å². The van der Waals surface area contributed by atoms with Gasteiger partial charge in [0.05, 0.1) is 46.1 Å². The van der Waals surface area contributed by atoms with Crippen molar-refractivity contribution in [1.29, 1.82) is 0 Å². The Morgan fingerprint density at radius 3 is 1.89 bits per heavy atom. The van der Waals surface area contributed by atoms with Crippen molar-refractivity contribution in [2.45, 2.75) is 4.90 Å². The number of anilines is 1. The Labute approximate surface area is 210 Å². The standard InChI is InChI=1S/C25H26ClNO7S/c1-30-21-13-17(10-9-16-11-23(32-3)25(34-5)24(12-16)33-4)20(15-22(21)31-2)27-35(28,29)19-8-6-7-18(26)14-19/h6-15,27H,1-5H3/b10-9-. The molecule has 0 aromatic heterocycles. The molecule has 1 N–H and O–H groups in total. The zero-order valence-corrected chi connectivity index (χ0v) is 21.5. The highest BCUT2D eigenvalue weighted by Gasteiger charge is 2.19. The minimum Gasteiger partial charge on any atom is -0.493 e. The molecule has 0 fully saturated rings. The van der Waals surface area contributed by atoms with Crippen LogP contribution in [0.2, 0.25) is 5.02 Å². The lowest BCUT2D eigenvalue weighted by Gasteiger charge is -2.15. The molecule has 186 valence electrons. The number of nitrogens with one attached hydrogen (secondary N) is 1. The number of benzene rings is 3. The molecule has 0 bridgehead atoms. The summed E-state index contributed by atoms with van der Waals surface area (Å²) in [5.41, 5.74) is 1.55. The van der Waals surface area contributed by atoms with Crippen molar-refractivity contribution in [1.82, 2.24) is 0 Å². The molecular weight excluding hydrogens is 494 g/mol. The molecule has 0 radical (unpaired) electrons. The summed E-state index contributed by atoms with van der Waals surface area (Å²) in [6.07, 6.45) is 3.52. The predicted octanol–water partition coefficient (Wildman–Crippen LogP) is 5.35. The van der Waals surface area contributed by atoms with Gasteiger partial charge in [0, 0.05) is 16.7 Å². The monoisotopic (exact) mass is 519 g/mol. The fourth-order valence-corrected chi connectivity index (χ4v) is 4.72. The second-order valence-electron chi connectivity index (χ2n) is 7.15. The quantitative estimate of drug-likeness (QED) is 0.361. The lowest BCUT2D eigenvalue weighted by atomic mass is 10.1. The van der Waals surface area contributed by atoms with E-state index in [4.69, 9.17) is 35.3 Å². The molecule has 3 aromatic rings. The lowest BCUT2D eigenvalue weighted by molar-refractivity contribution is 0.324. The molecule has 10 heteroatoms. The number of ether oxygens (including phenoxy) is 5. The highest BCUT2D eigenvalue weighted by molar-refractivity contribution is 7.92. The Morgan fingerprint density at radius 1 is 0.743 bits per heavy atom. The van der Waals surface area contributed by atoms with Crippen LogP contribution in [0.1, 0.15) is 11.1 Å². The van der Waals surface area contributed by atoms with E-state index < -0.39 is 10.0 Å². The van der Waals surface area contributed by atoms with Crippen LogP contribution in [-0.4, -0.2) is 44.0 Å². The van der Waals surface area contributed by atoms with Gasteiger partial charge in [-0.05, 0) is 42.0 Å². The molecule has 0 atom stereocenters. The number of hydrogen-bond acceptors (Lipinski definition) is 7. The number of methoxy groups -OCH3 is 5. The van der Waals surface area contributed by atoms with Crippen molar-refractivity contribution in [2.24, 2.45) is 0 Å². The van der Waals surface area contributed by atoms with Crippen LogP contribution in [0.5, 0.6) is 28.7 Å². The first kappa shape index (κ1) is 26.1. The van der Waals surface area contributed by atoms with E-state index in [1.54, 1.807) is 48.6 Å². The molecule has 35 heavy (non-hydrogen) atoms. The molecule has 3 aromatic carbocycles. The number of halogens is 1. The zero-order valence-electron chi connectivity index (χ0n) is 19.9. The van der Waals surface area contributed by atoms with Crippen molar-refractivity contribution in [3.05, 3.63) is 64.7 Å².